The first-order chi connectivity index (χ1) is 28.5. The summed E-state index contributed by atoms with van der Waals surface area (Å²) >= 11 is 0. The fourth-order valence-corrected chi connectivity index (χ4v) is 7.67. The van der Waals surface area contributed by atoms with E-state index in [1.165, 1.54) is 0 Å². The molecular weight excluding hydrogens is 703 g/mol. The number of pyridine rings is 1. The molecule has 58 heavy (non-hydrogen) atoms. The predicted octanol–water partition coefficient (Wildman–Crippen LogP) is 14.3. The molecule has 8 rings (SSSR count). The third-order valence-corrected chi connectivity index (χ3v) is 10.6. The Morgan fingerprint density at radius 1 is 0.448 bits per heavy atom. The highest BCUT2D eigenvalue weighted by Crippen LogP contribution is 2.42. The lowest BCUT2D eigenvalue weighted by atomic mass is 9.86. The Labute approximate surface area is 341 Å². The first-order valence-corrected chi connectivity index (χ1v) is 19.5. The molecule has 1 aromatic heterocycles. The van der Waals surface area contributed by atoms with Crippen molar-refractivity contribution in [2.45, 2.75) is 6.92 Å². The van der Waals surface area contributed by atoms with E-state index in [2.05, 4.69) is 192 Å². The van der Waals surface area contributed by atoms with Gasteiger partial charge < -0.3 is 0 Å². The number of nitrogens with zero attached hydrogens (tertiary/aromatic N) is 3. The van der Waals surface area contributed by atoms with E-state index in [1.54, 1.807) is 19.3 Å². The number of allylic oxidation sites excluding steroid dienone is 1. The molecule has 8 aromatic rings. The summed E-state index contributed by atoms with van der Waals surface area (Å²) in [4.78, 5) is 13.4. The average Bonchev–Trinajstić information content (AvgIpc) is 3.30. The lowest BCUT2D eigenvalue weighted by Crippen LogP contribution is -1.96. The van der Waals surface area contributed by atoms with E-state index >= 15 is 0 Å². The van der Waals surface area contributed by atoms with Crippen LogP contribution in [0.15, 0.2) is 224 Å². The van der Waals surface area contributed by atoms with Gasteiger partial charge in [-0.2, -0.15) is 0 Å². The maximum absolute atomic E-state index is 4.57. The van der Waals surface area contributed by atoms with E-state index < -0.39 is 0 Å². The topological polar surface area (TPSA) is 37.6 Å². The van der Waals surface area contributed by atoms with Crippen molar-refractivity contribution in [3.8, 4) is 78.0 Å². The van der Waals surface area contributed by atoms with Crippen molar-refractivity contribution < 1.29 is 0 Å². The van der Waals surface area contributed by atoms with Crippen molar-refractivity contribution in [3.63, 3.8) is 0 Å². The highest BCUT2D eigenvalue weighted by atomic mass is 14.7. The molecule has 7 aromatic carbocycles. The molecule has 0 amide bonds. The molecule has 3 heteroatoms. The highest BCUT2D eigenvalue weighted by molar-refractivity contribution is 6.08. The van der Waals surface area contributed by atoms with Crippen LogP contribution in [0.25, 0.3) is 78.0 Å². The second-order valence-electron chi connectivity index (χ2n) is 14.1. The van der Waals surface area contributed by atoms with Crippen molar-refractivity contribution in [1.29, 1.82) is 0 Å². The van der Waals surface area contributed by atoms with Crippen LogP contribution in [0.3, 0.4) is 0 Å². The van der Waals surface area contributed by atoms with Crippen molar-refractivity contribution >= 4 is 11.4 Å². The van der Waals surface area contributed by atoms with Gasteiger partial charge in [0.05, 0.1) is 11.4 Å². The number of rotatable bonds is 11. The molecule has 0 bridgehead atoms. The lowest BCUT2D eigenvalue weighted by Gasteiger charge is -2.18. The molecule has 0 atom stereocenters. The lowest BCUT2D eigenvalue weighted by molar-refractivity contribution is 1.33. The molecule has 0 aliphatic heterocycles. The summed E-state index contributed by atoms with van der Waals surface area (Å²) in [5.74, 6) is 0. The molecule has 3 nitrogen and oxygen atoms in total. The van der Waals surface area contributed by atoms with Crippen LogP contribution < -0.4 is 0 Å². The number of hydrogen-bond acceptors (Lipinski definition) is 3. The second kappa shape index (κ2) is 17.1. The number of aromatic nitrogens is 1. The molecule has 0 aliphatic rings. The maximum Gasteiger partial charge on any atom is 0.0701 e. The van der Waals surface area contributed by atoms with Gasteiger partial charge in [0.15, 0.2) is 0 Å². The normalized spacial score (nSPS) is 11.6. The quantitative estimate of drug-likeness (QED) is 0.121. The highest BCUT2D eigenvalue weighted by Gasteiger charge is 2.16. The van der Waals surface area contributed by atoms with Gasteiger partial charge in [-0.25, -0.2) is 0 Å². The monoisotopic (exact) mass is 745 g/mol. The summed E-state index contributed by atoms with van der Waals surface area (Å²) in [6.45, 7) is 9.73. The van der Waals surface area contributed by atoms with Gasteiger partial charge in [-0.15, -0.1) is 0 Å². The first-order valence-electron chi connectivity index (χ1n) is 19.5. The van der Waals surface area contributed by atoms with Gasteiger partial charge in [0.25, 0.3) is 0 Å². The first kappa shape index (κ1) is 37.4. The zero-order valence-electron chi connectivity index (χ0n) is 32.8. The molecule has 0 saturated carbocycles. The second-order valence-corrected chi connectivity index (χ2v) is 14.1. The predicted molar refractivity (Wildman–Crippen MR) is 247 cm³/mol. The fraction of sp³-hybridized carbons (Fsp3) is 0.0364. The molecule has 0 aliphatic carbocycles. The van der Waals surface area contributed by atoms with Crippen LogP contribution in [-0.2, 0) is 0 Å². The van der Waals surface area contributed by atoms with Gasteiger partial charge in [0.2, 0.25) is 0 Å². The van der Waals surface area contributed by atoms with E-state index in [9.17, 15) is 0 Å². The van der Waals surface area contributed by atoms with Gasteiger partial charge in [-0.05, 0) is 121 Å². The largest absolute Gasteiger partial charge is 0.288 e. The molecule has 0 radical (unpaired) electrons. The molecule has 0 fully saturated rings. The Morgan fingerprint density at radius 3 is 1.21 bits per heavy atom. The SMILES string of the molecule is C=CN=C(C)c1ccc(-c2ccccc2-c2cc(-c3ccccc3-c3ccc(C(C=C)=NC)cc3)cc(-c3ccccc3-c3ccc(-c4ccccn4)cc3)c2)cc1. The summed E-state index contributed by atoms with van der Waals surface area (Å²) < 4.78 is 0. The summed E-state index contributed by atoms with van der Waals surface area (Å²) in [6.07, 6.45) is 5.22. The Morgan fingerprint density at radius 2 is 0.828 bits per heavy atom. The molecule has 0 spiro atoms. The molecule has 278 valence electrons. The van der Waals surface area contributed by atoms with Gasteiger partial charge in [-0.3, -0.25) is 15.0 Å². The minimum atomic E-state index is 0.871. The van der Waals surface area contributed by atoms with Crippen LogP contribution in [0.1, 0.15) is 18.1 Å². The molecule has 0 N–H and O–H groups in total. The standard InChI is InChI=1S/C55H43N3/c1-5-54(56-4)43-30-26-41(27-31-43)49-16-8-11-19-52(49)46-35-45(51-18-10-7-15-48(51)40-24-22-39(23-25-40)38(3)57-6-2)36-47(37-46)53-20-12-9-17-50(53)42-28-32-44(33-29-42)55-21-13-14-34-58-55/h5-37H,1-2H2,3-4H3. The number of hydrogen-bond donors (Lipinski definition) is 0. The Hall–Kier alpha value is -7.49. The van der Waals surface area contributed by atoms with Crippen molar-refractivity contribution in [2.75, 3.05) is 7.05 Å². The number of benzene rings is 7. The van der Waals surface area contributed by atoms with Crippen molar-refractivity contribution in [1.82, 2.24) is 4.98 Å². The van der Waals surface area contributed by atoms with Gasteiger partial charge in [-0.1, -0.05) is 165 Å². The third kappa shape index (κ3) is 7.80. The smallest absolute Gasteiger partial charge is 0.0701 e. The number of aliphatic imine (C=N–C) groups is 2. The summed E-state index contributed by atoms with van der Waals surface area (Å²) in [7, 11) is 1.80. The van der Waals surface area contributed by atoms with Gasteiger partial charge in [0.1, 0.15) is 0 Å². The van der Waals surface area contributed by atoms with E-state index in [0.717, 1.165) is 101 Å². The van der Waals surface area contributed by atoms with Crippen LogP contribution >= 0.6 is 0 Å². The molecular formula is C55H43N3. The van der Waals surface area contributed by atoms with Gasteiger partial charge >= 0.3 is 0 Å². The Bertz CT molecular complexity index is 2790. The van der Waals surface area contributed by atoms with Gasteiger partial charge in [0, 0.05) is 30.7 Å². The summed E-state index contributed by atoms with van der Waals surface area (Å²) in [5.41, 5.74) is 19.8. The Balaban J connectivity index is 1.30. The summed E-state index contributed by atoms with van der Waals surface area (Å²) in [6, 6.07) is 65.1. The van der Waals surface area contributed by atoms with Crippen molar-refractivity contribution in [3.05, 3.63) is 225 Å². The van der Waals surface area contributed by atoms with Crippen LogP contribution in [-0.4, -0.2) is 23.5 Å². The van der Waals surface area contributed by atoms with E-state index in [4.69, 9.17) is 0 Å². The van der Waals surface area contributed by atoms with Crippen molar-refractivity contribution in [2.24, 2.45) is 9.98 Å². The van der Waals surface area contributed by atoms with E-state index in [0.29, 0.717) is 0 Å². The molecule has 0 saturated heterocycles. The summed E-state index contributed by atoms with van der Waals surface area (Å²) in [5, 5.41) is 0. The zero-order valence-corrected chi connectivity index (χ0v) is 32.8. The van der Waals surface area contributed by atoms with E-state index in [-0.39, 0.29) is 0 Å². The average molecular weight is 746 g/mol. The maximum atomic E-state index is 4.57. The van der Waals surface area contributed by atoms with E-state index in [1.807, 2.05) is 31.3 Å². The van der Waals surface area contributed by atoms with Crippen LogP contribution in [0.5, 0.6) is 0 Å². The minimum Gasteiger partial charge on any atom is -0.288 e. The fourth-order valence-electron chi connectivity index (χ4n) is 7.67. The van der Waals surface area contributed by atoms with Crippen LogP contribution in [0, 0.1) is 0 Å². The minimum absolute atomic E-state index is 0.871. The molecule has 1 heterocycles. The Kier molecular flexibility index (Phi) is 11.0. The van der Waals surface area contributed by atoms with Crippen LogP contribution in [0.2, 0.25) is 0 Å². The third-order valence-electron chi connectivity index (χ3n) is 10.6. The molecule has 0 unspecified atom stereocenters. The zero-order chi connectivity index (χ0) is 39.8. The van der Waals surface area contributed by atoms with Crippen LogP contribution in [0.4, 0.5) is 0 Å².